The highest BCUT2D eigenvalue weighted by atomic mass is 13.9. The van der Waals surface area contributed by atoms with Crippen molar-refractivity contribution in [3.63, 3.8) is 0 Å². The van der Waals surface area contributed by atoms with Gasteiger partial charge in [0.1, 0.15) is 0 Å². The standard InChI is InChI=1S/C9H12.C4H10.C2H6/c1-2-6-9-7-4-3-5-8-9;1-3-4-2;1-2/h3-5,7-8H,2,6H2,1H3;3-4H2,1-2H3;1-2H3. The molecule has 0 saturated carbocycles. The Morgan fingerprint density at radius 3 is 1.53 bits per heavy atom. The smallest absolute Gasteiger partial charge is 0.0281 e. The molecule has 0 N–H and O–H groups in total. The van der Waals surface area contributed by atoms with Crippen molar-refractivity contribution in [2.75, 3.05) is 0 Å². The third-order valence-corrected chi connectivity index (χ3v) is 1.88. The van der Waals surface area contributed by atoms with Gasteiger partial charge in [0.2, 0.25) is 0 Å². The summed E-state index contributed by atoms with van der Waals surface area (Å²) in [7, 11) is 0. The van der Waals surface area contributed by atoms with Crippen molar-refractivity contribution in [2.45, 2.75) is 60.3 Å². The molecule has 0 aliphatic carbocycles. The molecule has 0 heteroatoms. The minimum atomic E-state index is 1.21. The molecular formula is C15H28. The molecule has 0 aliphatic rings. The summed E-state index contributed by atoms with van der Waals surface area (Å²) in [5.74, 6) is 0. The summed E-state index contributed by atoms with van der Waals surface area (Å²) >= 11 is 0. The summed E-state index contributed by atoms with van der Waals surface area (Å²) in [6.45, 7) is 10.6. The van der Waals surface area contributed by atoms with Gasteiger partial charge in [0.15, 0.2) is 0 Å². The molecule has 1 aromatic rings. The molecule has 15 heavy (non-hydrogen) atoms. The number of hydrogen-bond acceptors (Lipinski definition) is 0. The van der Waals surface area contributed by atoms with E-state index in [1.807, 2.05) is 13.8 Å². The minimum absolute atomic E-state index is 1.21. The van der Waals surface area contributed by atoms with E-state index in [1.165, 1.54) is 31.2 Å². The van der Waals surface area contributed by atoms with Crippen LogP contribution in [0.1, 0.15) is 59.4 Å². The van der Waals surface area contributed by atoms with Gasteiger partial charge in [0.25, 0.3) is 0 Å². The molecule has 0 nitrogen and oxygen atoms in total. The molecule has 1 aromatic carbocycles. The van der Waals surface area contributed by atoms with Crippen LogP contribution in [0.15, 0.2) is 30.3 Å². The first-order valence-electron chi connectivity index (χ1n) is 6.39. The Hall–Kier alpha value is -0.780. The monoisotopic (exact) mass is 208 g/mol. The maximum atomic E-state index is 2.20. The highest BCUT2D eigenvalue weighted by molar-refractivity contribution is 5.14. The van der Waals surface area contributed by atoms with Crippen molar-refractivity contribution < 1.29 is 0 Å². The Morgan fingerprint density at radius 1 is 0.733 bits per heavy atom. The number of rotatable bonds is 3. The van der Waals surface area contributed by atoms with Gasteiger partial charge in [0, 0.05) is 0 Å². The first-order chi connectivity index (χ1) is 7.35. The fourth-order valence-corrected chi connectivity index (χ4v) is 0.933. The van der Waals surface area contributed by atoms with Crippen molar-refractivity contribution >= 4 is 0 Å². The third-order valence-electron chi connectivity index (χ3n) is 1.88. The summed E-state index contributed by atoms with van der Waals surface area (Å²) in [4.78, 5) is 0. The maximum absolute atomic E-state index is 2.20. The van der Waals surface area contributed by atoms with E-state index < -0.39 is 0 Å². The first-order valence-corrected chi connectivity index (χ1v) is 6.39. The van der Waals surface area contributed by atoms with E-state index in [0.717, 1.165) is 0 Å². The molecule has 0 aliphatic heterocycles. The molecule has 0 saturated heterocycles. The predicted molar refractivity (Wildman–Crippen MR) is 72.4 cm³/mol. The minimum Gasteiger partial charge on any atom is -0.0683 e. The van der Waals surface area contributed by atoms with Crippen molar-refractivity contribution in [3.05, 3.63) is 35.9 Å². The second kappa shape index (κ2) is 15.7. The fraction of sp³-hybridized carbons (Fsp3) is 0.600. The molecule has 0 aromatic heterocycles. The zero-order valence-electron chi connectivity index (χ0n) is 11.2. The molecule has 0 atom stereocenters. The zero-order valence-corrected chi connectivity index (χ0v) is 11.2. The van der Waals surface area contributed by atoms with E-state index in [4.69, 9.17) is 0 Å². The molecule has 1 rings (SSSR count). The molecular weight excluding hydrogens is 180 g/mol. The summed E-state index contributed by atoms with van der Waals surface area (Å²) in [5.41, 5.74) is 1.44. The zero-order chi connectivity index (χ0) is 11.9. The van der Waals surface area contributed by atoms with Crippen LogP contribution in [0, 0.1) is 0 Å². The summed E-state index contributed by atoms with van der Waals surface area (Å²) < 4.78 is 0. The first kappa shape index (κ1) is 16.6. The Labute approximate surface area is 96.7 Å². The Balaban J connectivity index is 0. The quantitative estimate of drug-likeness (QED) is 0.617. The highest BCUT2D eigenvalue weighted by Crippen LogP contribution is 2.00. The van der Waals surface area contributed by atoms with Gasteiger partial charge >= 0.3 is 0 Å². The van der Waals surface area contributed by atoms with E-state index in [-0.39, 0.29) is 0 Å². The second-order valence-corrected chi connectivity index (χ2v) is 3.24. The summed E-state index contributed by atoms with van der Waals surface area (Å²) in [6, 6.07) is 10.6. The second-order valence-electron chi connectivity index (χ2n) is 3.24. The van der Waals surface area contributed by atoms with E-state index in [9.17, 15) is 0 Å². The molecule has 88 valence electrons. The lowest BCUT2D eigenvalue weighted by molar-refractivity contribution is 0.886. The van der Waals surface area contributed by atoms with Crippen LogP contribution < -0.4 is 0 Å². The van der Waals surface area contributed by atoms with Gasteiger partial charge in [-0.15, -0.1) is 0 Å². The van der Waals surface area contributed by atoms with Crippen LogP contribution in [0.2, 0.25) is 0 Å². The lowest BCUT2D eigenvalue weighted by atomic mass is 10.1. The highest BCUT2D eigenvalue weighted by Gasteiger charge is 1.84. The molecule has 0 unspecified atom stereocenters. The van der Waals surface area contributed by atoms with Crippen LogP contribution in [0.5, 0.6) is 0 Å². The van der Waals surface area contributed by atoms with Gasteiger partial charge in [-0.1, -0.05) is 84.2 Å². The van der Waals surface area contributed by atoms with Crippen LogP contribution >= 0.6 is 0 Å². The number of aryl methyl sites for hydroxylation is 1. The summed E-state index contributed by atoms with van der Waals surface area (Å²) in [5, 5.41) is 0. The Kier molecular flexibility index (Phi) is 17.4. The average Bonchev–Trinajstić information content (AvgIpc) is 2.34. The van der Waals surface area contributed by atoms with Gasteiger partial charge < -0.3 is 0 Å². The van der Waals surface area contributed by atoms with Crippen LogP contribution in [0.25, 0.3) is 0 Å². The third kappa shape index (κ3) is 13.2. The van der Waals surface area contributed by atoms with Crippen molar-refractivity contribution in [1.82, 2.24) is 0 Å². The van der Waals surface area contributed by atoms with Crippen molar-refractivity contribution in [2.24, 2.45) is 0 Å². The van der Waals surface area contributed by atoms with Crippen LogP contribution in [0.3, 0.4) is 0 Å². The molecule has 0 fully saturated rings. The topological polar surface area (TPSA) is 0 Å². The van der Waals surface area contributed by atoms with Crippen LogP contribution in [-0.2, 0) is 6.42 Å². The fourth-order valence-electron chi connectivity index (χ4n) is 0.933. The molecule has 0 bridgehead atoms. The predicted octanol–water partition coefficient (Wildman–Crippen LogP) is 5.47. The molecule has 0 heterocycles. The number of unbranched alkanes of at least 4 members (excludes halogenated alkanes) is 1. The maximum Gasteiger partial charge on any atom is -0.0281 e. The SMILES string of the molecule is CC.CCCC.CCCc1ccccc1. The van der Waals surface area contributed by atoms with Gasteiger partial charge in [-0.3, -0.25) is 0 Å². The van der Waals surface area contributed by atoms with Crippen LogP contribution in [-0.4, -0.2) is 0 Å². The largest absolute Gasteiger partial charge is 0.0683 e. The van der Waals surface area contributed by atoms with E-state index in [0.29, 0.717) is 0 Å². The number of hydrogen-bond donors (Lipinski definition) is 0. The molecule has 0 radical (unpaired) electrons. The molecule has 0 spiro atoms. The van der Waals surface area contributed by atoms with Gasteiger partial charge in [-0.05, 0) is 12.0 Å². The van der Waals surface area contributed by atoms with Gasteiger partial charge in [-0.2, -0.15) is 0 Å². The normalized spacial score (nSPS) is 8.07. The van der Waals surface area contributed by atoms with E-state index >= 15 is 0 Å². The van der Waals surface area contributed by atoms with Gasteiger partial charge in [0.05, 0.1) is 0 Å². The van der Waals surface area contributed by atoms with Gasteiger partial charge in [-0.25, -0.2) is 0 Å². The van der Waals surface area contributed by atoms with E-state index in [2.05, 4.69) is 51.1 Å². The lowest BCUT2D eigenvalue weighted by Gasteiger charge is -1.93. The molecule has 0 amide bonds. The van der Waals surface area contributed by atoms with Crippen LogP contribution in [0.4, 0.5) is 0 Å². The van der Waals surface area contributed by atoms with Crippen molar-refractivity contribution in [1.29, 1.82) is 0 Å². The number of benzene rings is 1. The van der Waals surface area contributed by atoms with Crippen molar-refractivity contribution in [3.8, 4) is 0 Å². The average molecular weight is 208 g/mol. The van der Waals surface area contributed by atoms with E-state index in [1.54, 1.807) is 0 Å². The Bertz CT molecular complexity index is 174. The Morgan fingerprint density at radius 2 is 1.20 bits per heavy atom. The summed E-state index contributed by atoms with van der Waals surface area (Å²) in [6.07, 6.45) is 5.09. The lowest BCUT2D eigenvalue weighted by Crippen LogP contribution is -1.78.